The highest BCUT2D eigenvalue weighted by Crippen LogP contribution is 2.26. The highest BCUT2D eigenvalue weighted by atomic mass is 16.3. The van der Waals surface area contributed by atoms with Crippen LogP contribution in [0.25, 0.3) is 0 Å². The van der Waals surface area contributed by atoms with E-state index < -0.39 is 23.6 Å². The van der Waals surface area contributed by atoms with E-state index in [2.05, 4.69) is 16.6 Å². The van der Waals surface area contributed by atoms with Crippen molar-refractivity contribution in [3.63, 3.8) is 0 Å². The Balaban J connectivity index is 2.17. The van der Waals surface area contributed by atoms with Crippen LogP contribution >= 0.6 is 0 Å². The van der Waals surface area contributed by atoms with Crippen LogP contribution in [0, 0.1) is 17.8 Å². The quantitative estimate of drug-likeness (QED) is 0.635. The number of benzene rings is 1. The highest BCUT2D eigenvalue weighted by molar-refractivity contribution is 5.93. The lowest BCUT2D eigenvalue weighted by Gasteiger charge is -2.35. The lowest BCUT2D eigenvalue weighted by Crippen LogP contribution is -2.57. The number of rotatable bonds is 5. The van der Waals surface area contributed by atoms with Crippen molar-refractivity contribution in [1.82, 2.24) is 15.5 Å². The van der Waals surface area contributed by atoms with Crippen molar-refractivity contribution in [3.05, 3.63) is 35.4 Å². The average Bonchev–Trinajstić information content (AvgIpc) is 3.06. The number of hydrogen-bond donors (Lipinski definition) is 3. The predicted molar refractivity (Wildman–Crippen MR) is 114 cm³/mol. The Morgan fingerprint density at radius 1 is 1.20 bits per heavy atom. The third kappa shape index (κ3) is 5.61. The van der Waals surface area contributed by atoms with Crippen LogP contribution in [0.1, 0.15) is 58.2 Å². The van der Waals surface area contributed by atoms with Gasteiger partial charge in [-0.15, -0.1) is 6.42 Å². The van der Waals surface area contributed by atoms with E-state index in [-0.39, 0.29) is 36.7 Å². The van der Waals surface area contributed by atoms with E-state index in [1.807, 2.05) is 39.8 Å². The molecule has 3 N–H and O–H groups in total. The number of likely N-dealkylation sites (tertiary alicyclic amines) is 1. The van der Waals surface area contributed by atoms with Gasteiger partial charge in [0.25, 0.3) is 0 Å². The fourth-order valence-electron chi connectivity index (χ4n) is 3.58. The van der Waals surface area contributed by atoms with Gasteiger partial charge >= 0.3 is 0 Å². The number of carbonyl (C=O) groups is 3. The summed E-state index contributed by atoms with van der Waals surface area (Å²) in [5, 5.41) is 15.8. The van der Waals surface area contributed by atoms with E-state index in [1.165, 1.54) is 11.8 Å². The molecular weight excluding hydrogens is 382 g/mol. The number of terminal acetylenes is 1. The topological polar surface area (TPSA) is 98.7 Å². The molecule has 2 unspecified atom stereocenters. The van der Waals surface area contributed by atoms with Gasteiger partial charge in [-0.05, 0) is 30.0 Å². The van der Waals surface area contributed by atoms with E-state index in [1.54, 1.807) is 12.1 Å². The van der Waals surface area contributed by atoms with Crippen LogP contribution in [0.3, 0.4) is 0 Å². The molecule has 1 aliphatic heterocycles. The normalized spacial score (nSPS) is 20.8. The summed E-state index contributed by atoms with van der Waals surface area (Å²) >= 11 is 0. The first-order valence-electron chi connectivity index (χ1n) is 10.1. The Kier molecular flexibility index (Phi) is 7.27. The maximum Gasteiger partial charge on any atom is 0.246 e. The molecule has 2 rings (SSSR count). The molecule has 0 radical (unpaired) electrons. The van der Waals surface area contributed by atoms with Crippen molar-refractivity contribution < 1.29 is 19.5 Å². The molecule has 1 aromatic rings. The van der Waals surface area contributed by atoms with E-state index in [9.17, 15) is 19.5 Å². The Hall–Kier alpha value is -2.85. The molecule has 0 aromatic heterocycles. The molecule has 0 saturated carbocycles. The van der Waals surface area contributed by atoms with Crippen LogP contribution in [0.2, 0.25) is 0 Å². The molecule has 0 bridgehead atoms. The van der Waals surface area contributed by atoms with Crippen molar-refractivity contribution in [2.45, 2.75) is 65.3 Å². The van der Waals surface area contributed by atoms with Crippen molar-refractivity contribution >= 4 is 17.7 Å². The minimum absolute atomic E-state index is 0.0499. The Bertz CT molecular complexity index is 835. The largest absolute Gasteiger partial charge is 0.391 e. The predicted octanol–water partition coefficient (Wildman–Crippen LogP) is 1.36. The molecule has 1 saturated heterocycles. The number of nitrogens with one attached hydrogen (secondary N) is 2. The number of aliphatic hydroxyl groups excluding tert-OH is 1. The van der Waals surface area contributed by atoms with E-state index in [0.717, 1.165) is 11.1 Å². The summed E-state index contributed by atoms with van der Waals surface area (Å²) in [5.41, 5.74) is 1.08. The Morgan fingerprint density at radius 2 is 1.80 bits per heavy atom. The lowest BCUT2D eigenvalue weighted by molar-refractivity contribution is -0.144. The fraction of sp³-hybridized carbons (Fsp3) is 0.522. The summed E-state index contributed by atoms with van der Waals surface area (Å²) in [6, 6.07) is 5.39. The summed E-state index contributed by atoms with van der Waals surface area (Å²) in [6.07, 6.45) is 4.73. The first-order valence-corrected chi connectivity index (χ1v) is 10.1. The average molecular weight is 414 g/mol. The molecule has 0 aliphatic carbocycles. The molecular formula is C23H31N3O4. The summed E-state index contributed by atoms with van der Waals surface area (Å²) in [6.45, 7) is 8.77. The van der Waals surface area contributed by atoms with E-state index in [0.29, 0.717) is 0 Å². The highest BCUT2D eigenvalue weighted by Gasteiger charge is 2.44. The summed E-state index contributed by atoms with van der Waals surface area (Å²) in [7, 11) is 0. The van der Waals surface area contributed by atoms with Gasteiger partial charge in [0.15, 0.2) is 0 Å². The first kappa shape index (κ1) is 23.4. The number of aliphatic hydroxyl groups is 1. The van der Waals surface area contributed by atoms with E-state index >= 15 is 0 Å². The van der Waals surface area contributed by atoms with Gasteiger partial charge in [0.1, 0.15) is 12.1 Å². The van der Waals surface area contributed by atoms with Crippen molar-refractivity contribution in [1.29, 1.82) is 0 Å². The molecule has 1 aliphatic rings. The molecule has 30 heavy (non-hydrogen) atoms. The zero-order chi connectivity index (χ0) is 22.6. The maximum atomic E-state index is 13.2. The fourth-order valence-corrected chi connectivity index (χ4v) is 3.58. The van der Waals surface area contributed by atoms with Gasteiger partial charge in [0.05, 0.1) is 12.1 Å². The number of β-amino-alcohol motifs (C(OH)–C–C–N with tert-alkyl or cyclic N) is 1. The van der Waals surface area contributed by atoms with Crippen LogP contribution in [-0.2, 0) is 14.4 Å². The molecule has 7 heteroatoms. The first-order chi connectivity index (χ1) is 13.9. The second-order valence-electron chi connectivity index (χ2n) is 8.89. The lowest BCUT2D eigenvalue weighted by atomic mass is 9.85. The standard InChI is InChI=1S/C23H31N3O4/c1-7-16-8-10-17(11-9-16)14(2)24-21(29)19-12-18(28)13-26(19)22(30)20(23(4,5)6)25-15(3)27/h1,8-11,14,18-20,28H,12-13H2,2-6H3,(H,24,29)(H,25,27)/t14-,18?,19?,20+/m0/s1. The molecule has 3 amide bonds. The van der Waals surface area contributed by atoms with Crippen LogP contribution < -0.4 is 10.6 Å². The van der Waals surface area contributed by atoms with Crippen molar-refractivity contribution in [2.75, 3.05) is 6.54 Å². The van der Waals surface area contributed by atoms with Crippen molar-refractivity contribution in [2.24, 2.45) is 5.41 Å². The van der Waals surface area contributed by atoms with E-state index in [4.69, 9.17) is 6.42 Å². The zero-order valence-corrected chi connectivity index (χ0v) is 18.2. The third-order valence-electron chi connectivity index (χ3n) is 5.26. The molecule has 162 valence electrons. The third-order valence-corrected chi connectivity index (χ3v) is 5.26. The second-order valence-corrected chi connectivity index (χ2v) is 8.89. The molecule has 7 nitrogen and oxygen atoms in total. The van der Waals surface area contributed by atoms with Crippen LogP contribution in [0.15, 0.2) is 24.3 Å². The minimum atomic E-state index is -0.807. The van der Waals surface area contributed by atoms with Gasteiger partial charge in [-0.2, -0.15) is 0 Å². The molecule has 4 atom stereocenters. The van der Waals surface area contributed by atoms with Crippen LogP contribution in [0.5, 0.6) is 0 Å². The molecule has 1 fully saturated rings. The van der Waals surface area contributed by atoms with Gasteiger partial charge in [0, 0.05) is 25.5 Å². The zero-order valence-electron chi connectivity index (χ0n) is 18.2. The van der Waals surface area contributed by atoms with Crippen LogP contribution in [-0.4, -0.2) is 52.5 Å². The number of nitrogens with zero attached hydrogens (tertiary/aromatic N) is 1. The summed E-state index contributed by atoms with van der Waals surface area (Å²) in [4.78, 5) is 39.2. The number of hydrogen-bond acceptors (Lipinski definition) is 4. The van der Waals surface area contributed by atoms with Gasteiger partial charge in [0.2, 0.25) is 17.7 Å². The molecule has 1 heterocycles. The van der Waals surface area contributed by atoms with Gasteiger partial charge < -0.3 is 20.6 Å². The smallest absolute Gasteiger partial charge is 0.246 e. The molecule has 1 aromatic carbocycles. The minimum Gasteiger partial charge on any atom is -0.391 e. The number of amides is 3. The Labute approximate surface area is 178 Å². The second kappa shape index (κ2) is 9.31. The Morgan fingerprint density at radius 3 is 2.30 bits per heavy atom. The monoisotopic (exact) mass is 413 g/mol. The summed E-state index contributed by atoms with van der Waals surface area (Å²) in [5.74, 6) is 1.50. The maximum absolute atomic E-state index is 13.2. The van der Waals surface area contributed by atoms with Gasteiger partial charge in [-0.25, -0.2) is 0 Å². The summed E-state index contributed by atoms with van der Waals surface area (Å²) < 4.78 is 0. The SMILES string of the molecule is C#Cc1ccc([C@H](C)NC(=O)C2CC(O)CN2C(=O)[C@@H](NC(C)=O)C(C)(C)C)cc1. The van der Waals surface area contributed by atoms with Gasteiger partial charge in [-0.3, -0.25) is 14.4 Å². The van der Waals surface area contributed by atoms with Crippen molar-refractivity contribution in [3.8, 4) is 12.3 Å². The number of carbonyl (C=O) groups excluding carboxylic acids is 3. The molecule has 0 spiro atoms. The van der Waals surface area contributed by atoms with Gasteiger partial charge in [-0.1, -0.05) is 38.8 Å². The van der Waals surface area contributed by atoms with Crippen LogP contribution in [0.4, 0.5) is 0 Å².